The Morgan fingerprint density at radius 3 is 2.35 bits per heavy atom. The van der Waals surface area contributed by atoms with E-state index in [9.17, 15) is 13.2 Å². The minimum Gasteiger partial charge on any atom is -0.299 e. The SMILES string of the molecule is Cc1ccc(S(=O)(=O)NC(c2ccccc2)C2CCCCCC2=O)cc1. The number of benzene rings is 2. The molecule has 1 aliphatic rings. The number of aryl methyl sites for hydroxylation is 1. The van der Waals surface area contributed by atoms with E-state index >= 15 is 0 Å². The van der Waals surface area contributed by atoms with Crippen LogP contribution in [0, 0.1) is 12.8 Å². The van der Waals surface area contributed by atoms with E-state index < -0.39 is 16.1 Å². The maximum Gasteiger partial charge on any atom is 0.241 e. The average Bonchev–Trinajstić information content (AvgIpc) is 2.85. The van der Waals surface area contributed by atoms with E-state index in [2.05, 4.69) is 4.72 Å². The molecule has 1 aliphatic carbocycles. The lowest BCUT2D eigenvalue weighted by molar-refractivity contribution is -0.123. The van der Waals surface area contributed by atoms with Gasteiger partial charge in [0.05, 0.1) is 10.9 Å². The van der Waals surface area contributed by atoms with Crippen LogP contribution in [0.4, 0.5) is 0 Å². The number of hydrogen-bond donors (Lipinski definition) is 1. The number of rotatable bonds is 5. The number of Topliss-reactive ketones (excluding diaryl/α,β-unsaturated/α-hetero) is 1. The molecular weight excluding hydrogens is 346 g/mol. The molecule has 4 nitrogen and oxygen atoms in total. The fraction of sp³-hybridized carbons (Fsp3) is 0.381. The van der Waals surface area contributed by atoms with E-state index in [0.29, 0.717) is 6.42 Å². The summed E-state index contributed by atoms with van der Waals surface area (Å²) in [5.41, 5.74) is 1.84. The summed E-state index contributed by atoms with van der Waals surface area (Å²) in [5, 5.41) is 0. The van der Waals surface area contributed by atoms with Gasteiger partial charge in [0.1, 0.15) is 5.78 Å². The Bertz CT molecular complexity index is 845. The van der Waals surface area contributed by atoms with Crippen molar-refractivity contribution in [3.8, 4) is 0 Å². The molecule has 1 N–H and O–H groups in total. The number of carbonyl (C=O) groups is 1. The molecule has 138 valence electrons. The topological polar surface area (TPSA) is 63.2 Å². The van der Waals surface area contributed by atoms with Gasteiger partial charge in [-0.05, 0) is 37.5 Å². The summed E-state index contributed by atoms with van der Waals surface area (Å²) in [7, 11) is -3.71. The Morgan fingerprint density at radius 1 is 0.962 bits per heavy atom. The molecule has 3 rings (SSSR count). The van der Waals surface area contributed by atoms with Crippen LogP contribution in [0.2, 0.25) is 0 Å². The van der Waals surface area contributed by atoms with Crippen LogP contribution in [0.3, 0.4) is 0 Å². The van der Waals surface area contributed by atoms with Gasteiger partial charge in [-0.25, -0.2) is 13.1 Å². The van der Waals surface area contributed by atoms with Crippen LogP contribution in [0.25, 0.3) is 0 Å². The Morgan fingerprint density at radius 2 is 1.65 bits per heavy atom. The summed E-state index contributed by atoms with van der Waals surface area (Å²) in [6.07, 6.45) is 4.11. The average molecular weight is 372 g/mol. The van der Waals surface area contributed by atoms with Gasteiger partial charge in [-0.15, -0.1) is 0 Å². The molecule has 5 heteroatoms. The first-order valence-electron chi connectivity index (χ1n) is 9.14. The highest BCUT2D eigenvalue weighted by molar-refractivity contribution is 7.89. The summed E-state index contributed by atoms with van der Waals surface area (Å²) in [6, 6.07) is 15.7. The Hall–Kier alpha value is -1.98. The van der Waals surface area contributed by atoms with Crippen molar-refractivity contribution >= 4 is 15.8 Å². The highest BCUT2D eigenvalue weighted by atomic mass is 32.2. The van der Waals surface area contributed by atoms with Gasteiger partial charge >= 0.3 is 0 Å². The highest BCUT2D eigenvalue weighted by Gasteiger charge is 2.33. The summed E-state index contributed by atoms with van der Waals surface area (Å²) in [4.78, 5) is 12.9. The van der Waals surface area contributed by atoms with Crippen molar-refractivity contribution in [3.05, 3.63) is 65.7 Å². The summed E-state index contributed by atoms with van der Waals surface area (Å²) in [6.45, 7) is 1.92. The van der Waals surface area contributed by atoms with Gasteiger partial charge in [0.25, 0.3) is 0 Å². The molecule has 2 atom stereocenters. The van der Waals surface area contributed by atoms with Crippen molar-refractivity contribution in [1.82, 2.24) is 4.72 Å². The van der Waals surface area contributed by atoms with Gasteiger partial charge in [0.15, 0.2) is 0 Å². The second-order valence-electron chi connectivity index (χ2n) is 6.99. The minimum absolute atomic E-state index is 0.156. The molecule has 0 bridgehead atoms. The molecule has 0 saturated heterocycles. The largest absolute Gasteiger partial charge is 0.299 e. The van der Waals surface area contributed by atoms with Crippen molar-refractivity contribution in [2.45, 2.75) is 50.0 Å². The van der Waals surface area contributed by atoms with Gasteiger partial charge in [0.2, 0.25) is 10.0 Å². The summed E-state index contributed by atoms with van der Waals surface area (Å²) >= 11 is 0. The number of ketones is 1. The normalized spacial score (nSPS) is 19.7. The first kappa shape index (κ1) is 18.8. The quantitative estimate of drug-likeness (QED) is 0.803. The third-order valence-electron chi connectivity index (χ3n) is 5.03. The number of sulfonamides is 1. The molecule has 0 aliphatic heterocycles. The van der Waals surface area contributed by atoms with Crippen LogP contribution in [0.5, 0.6) is 0 Å². The second kappa shape index (κ2) is 8.14. The molecule has 1 fully saturated rings. The Labute approximate surface area is 155 Å². The summed E-state index contributed by atoms with van der Waals surface area (Å²) in [5.74, 6) is -0.164. The van der Waals surface area contributed by atoms with Crippen LogP contribution >= 0.6 is 0 Å². The standard InChI is InChI=1S/C21H25NO3S/c1-16-12-14-18(15-13-16)26(24,25)22-21(17-8-4-2-5-9-17)19-10-6-3-7-11-20(19)23/h2,4-5,8-9,12-15,19,21-22H,3,6-7,10-11H2,1H3. The monoisotopic (exact) mass is 371 g/mol. The van der Waals surface area contributed by atoms with E-state index in [4.69, 9.17) is 0 Å². The van der Waals surface area contributed by atoms with Crippen molar-refractivity contribution in [3.63, 3.8) is 0 Å². The van der Waals surface area contributed by atoms with Gasteiger partial charge in [-0.3, -0.25) is 4.79 Å². The maximum atomic E-state index is 12.9. The fourth-order valence-electron chi connectivity index (χ4n) is 3.53. The lowest BCUT2D eigenvalue weighted by atomic mass is 9.87. The predicted molar refractivity (Wildman–Crippen MR) is 102 cm³/mol. The molecule has 0 heterocycles. The molecule has 0 amide bonds. The van der Waals surface area contributed by atoms with E-state index in [-0.39, 0.29) is 16.6 Å². The smallest absolute Gasteiger partial charge is 0.241 e. The van der Waals surface area contributed by atoms with Crippen LogP contribution < -0.4 is 4.72 Å². The molecule has 2 aromatic carbocycles. The zero-order valence-corrected chi connectivity index (χ0v) is 15.8. The predicted octanol–water partition coefficient (Wildman–Crippen LogP) is 4.16. The van der Waals surface area contributed by atoms with Crippen molar-refractivity contribution in [1.29, 1.82) is 0 Å². The summed E-state index contributed by atoms with van der Waals surface area (Å²) < 4.78 is 28.7. The maximum absolute atomic E-state index is 12.9. The molecular formula is C21H25NO3S. The van der Waals surface area contributed by atoms with Crippen LogP contribution in [-0.2, 0) is 14.8 Å². The van der Waals surface area contributed by atoms with E-state index in [0.717, 1.165) is 36.8 Å². The third kappa shape index (κ3) is 4.40. The van der Waals surface area contributed by atoms with E-state index in [1.165, 1.54) is 0 Å². The van der Waals surface area contributed by atoms with Crippen molar-refractivity contribution < 1.29 is 13.2 Å². The Balaban J connectivity index is 1.95. The van der Waals surface area contributed by atoms with Crippen LogP contribution in [-0.4, -0.2) is 14.2 Å². The lowest BCUT2D eigenvalue weighted by Crippen LogP contribution is -2.36. The van der Waals surface area contributed by atoms with Crippen molar-refractivity contribution in [2.24, 2.45) is 5.92 Å². The molecule has 0 aromatic heterocycles. The Kier molecular flexibility index (Phi) is 5.89. The lowest BCUT2D eigenvalue weighted by Gasteiger charge is -2.26. The third-order valence-corrected chi connectivity index (χ3v) is 6.48. The van der Waals surface area contributed by atoms with Gasteiger partial charge < -0.3 is 0 Å². The van der Waals surface area contributed by atoms with E-state index in [1.54, 1.807) is 24.3 Å². The van der Waals surface area contributed by atoms with Crippen LogP contribution in [0.15, 0.2) is 59.5 Å². The van der Waals surface area contributed by atoms with Crippen molar-refractivity contribution in [2.75, 3.05) is 0 Å². The first-order valence-corrected chi connectivity index (χ1v) is 10.6. The molecule has 2 aromatic rings. The van der Waals surface area contributed by atoms with E-state index in [1.807, 2.05) is 37.3 Å². The zero-order chi connectivity index (χ0) is 18.6. The fourth-order valence-corrected chi connectivity index (χ4v) is 4.80. The molecule has 2 unspecified atom stereocenters. The number of nitrogens with one attached hydrogen (secondary N) is 1. The second-order valence-corrected chi connectivity index (χ2v) is 8.71. The van der Waals surface area contributed by atoms with Gasteiger partial charge in [-0.1, -0.05) is 60.9 Å². The highest BCUT2D eigenvalue weighted by Crippen LogP contribution is 2.32. The molecule has 0 spiro atoms. The molecule has 0 radical (unpaired) electrons. The number of carbonyl (C=O) groups excluding carboxylic acids is 1. The van der Waals surface area contributed by atoms with Crippen LogP contribution in [0.1, 0.15) is 49.3 Å². The minimum atomic E-state index is -3.71. The van der Waals surface area contributed by atoms with Gasteiger partial charge in [-0.2, -0.15) is 0 Å². The first-order chi connectivity index (χ1) is 12.5. The zero-order valence-electron chi connectivity index (χ0n) is 15.0. The number of hydrogen-bond acceptors (Lipinski definition) is 3. The molecule has 26 heavy (non-hydrogen) atoms. The van der Waals surface area contributed by atoms with Gasteiger partial charge in [0, 0.05) is 12.3 Å². The molecule has 1 saturated carbocycles.